The highest BCUT2D eigenvalue weighted by Crippen LogP contribution is 2.22. The molecule has 5 rings (SSSR count). The molecule has 2 N–H and O–H groups in total. The molecule has 1 aromatic carbocycles. The standard InChI is InChI=1S/C32H32F2N8O5/c1-3-13-42-31(46)27-29(41(32(42)47)17-12-35-20(2)43)38-28(37-27)22-9-11-25(36-19-22)40(16-6-15-39-14-5-4-7-26(39)44)30(45)21-8-10-23(33)24(34)18-21/h4-5,7-11,14,18-19H,3,6,12-13,15-17H2,1-2H3,(H,35,43)(H,37,38). The molecule has 0 saturated carbocycles. The van der Waals surface area contributed by atoms with E-state index in [1.807, 2.05) is 6.92 Å². The van der Waals surface area contributed by atoms with Crippen molar-refractivity contribution in [2.45, 2.75) is 46.3 Å². The molecule has 0 aliphatic rings. The maximum Gasteiger partial charge on any atom is 0.332 e. The Hall–Kier alpha value is -5.73. The largest absolute Gasteiger partial charge is 0.355 e. The van der Waals surface area contributed by atoms with Crippen molar-refractivity contribution < 1.29 is 18.4 Å². The minimum atomic E-state index is -1.17. The number of aromatic amines is 1. The summed E-state index contributed by atoms with van der Waals surface area (Å²) < 4.78 is 31.6. The van der Waals surface area contributed by atoms with Crippen LogP contribution in [0.4, 0.5) is 14.6 Å². The Bertz CT molecular complexity index is 2120. The number of amides is 2. The third kappa shape index (κ3) is 7.08. The number of H-pyrrole nitrogens is 1. The molecule has 0 spiro atoms. The average Bonchev–Trinajstić information content (AvgIpc) is 3.50. The van der Waals surface area contributed by atoms with Gasteiger partial charge in [0.1, 0.15) is 17.2 Å². The number of halogens is 2. The number of aromatic nitrogens is 6. The summed E-state index contributed by atoms with van der Waals surface area (Å²) in [5, 5.41) is 2.64. The number of rotatable bonds is 12. The van der Waals surface area contributed by atoms with E-state index in [-0.39, 0.29) is 72.6 Å². The topological polar surface area (TPSA) is 157 Å². The number of aryl methyl sites for hydroxylation is 1. The molecule has 47 heavy (non-hydrogen) atoms. The van der Waals surface area contributed by atoms with Gasteiger partial charge in [-0.3, -0.25) is 33.2 Å². The van der Waals surface area contributed by atoms with Gasteiger partial charge in [0, 0.05) is 69.2 Å². The first-order valence-corrected chi connectivity index (χ1v) is 15.0. The molecule has 5 aromatic rings. The van der Waals surface area contributed by atoms with Gasteiger partial charge in [-0.1, -0.05) is 13.0 Å². The van der Waals surface area contributed by atoms with Crippen LogP contribution in [0.3, 0.4) is 0 Å². The summed E-state index contributed by atoms with van der Waals surface area (Å²) in [6, 6.07) is 10.8. The van der Waals surface area contributed by atoms with E-state index < -0.39 is 28.8 Å². The van der Waals surface area contributed by atoms with Crippen molar-refractivity contribution in [3.05, 3.63) is 109 Å². The molecule has 15 heteroatoms. The number of anilines is 1. The summed E-state index contributed by atoms with van der Waals surface area (Å²) in [7, 11) is 0. The highest BCUT2D eigenvalue weighted by atomic mass is 19.2. The van der Waals surface area contributed by atoms with Crippen LogP contribution in [0.1, 0.15) is 37.0 Å². The Morgan fingerprint density at radius 3 is 2.47 bits per heavy atom. The van der Waals surface area contributed by atoms with E-state index in [0.29, 0.717) is 18.4 Å². The SMILES string of the molecule is CCCn1c(=O)c2[nH]c(-c3ccc(N(CCCn4ccccc4=O)C(=O)c4ccc(F)c(F)c4)nc3)nc2n(CCNC(C)=O)c1=O. The summed E-state index contributed by atoms with van der Waals surface area (Å²) in [6.45, 7) is 4.00. The molecule has 0 aliphatic heterocycles. The lowest BCUT2D eigenvalue weighted by Crippen LogP contribution is -2.41. The second-order valence-corrected chi connectivity index (χ2v) is 10.7. The number of benzene rings is 1. The Morgan fingerprint density at radius 1 is 0.979 bits per heavy atom. The van der Waals surface area contributed by atoms with Gasteiger partial charge in [-0.05, 0) is 49.2 Å². The minimum Gasteiger partial charge on any atom is -0.355 e. The zero-order chi connectivity index (χ0) is 33.7. The van der Waals surface area contributed by atoms with Crippen molar-refractivity contribution in [2.24, 2.45) is 0 Å². The summed E-state index contributed by atoms with van der Waals surface area (Å²) in [5.74, 6) is -2.73. The van der Waals surface area contributed by atoms with Crippen LogP contribution in [0.25, 0.3) is 22.6 Å². The number of hydrogen-bond donors (Lipinski definition) is 2. The van der Waals surface area contributed by atoms with Gasteiger partial charge in [-0.2, -0.15) is 0 Å². The fraction of sp³-hybridized carbons (Fsp3) is 0.281. The van der Waals surface area contributed by atoms with Gasteiger partial charge >= 0.3 is 5.69 Å². The Labute approximate surface area is 266 Å². The molecule has 2 amide bonds. The molecule has 0 radical (unpaired) electrons. The number of pyridine rings is 2. The van der Waals surface area contributed by atoms with Crippen molar-refractivity contribution in [1.82, 2.24) is 34.0 Å². The van der Waals surface area contributed by atoms with E-state index >= 15 is 0 Å². The van der Waals surface area contributed by atoms with Crippen LogP contribution in [0.2, 0.25) is 0 Å². The van der Waals surface area contributed by atoms with Crippen LogP contribution in [0.5, 0.6) is 0 Å². The summed E-state index contributed by atoms with van der Waals surface area (Å²) in [6.07, 6.45) is 3.93. The second kappa shape index (κ2) is 14.1. The third-order valence-corrected chi connectivity index (χ3v) is 7.41. The average molecular weight is 647 g/mol. The molecule has 0 atom stereocenters. The fourth-order valence-corrected chi connectivity index (χ4v) is 5.10. The molecule has 0 fully saturated rings. The van der Waals surface area contributed by atoms with Crippen LogP contribution >= 0.6 is 0 Å². The van der Waals surface area contributed by atoms with E-state index in [9.17, 15) is 32.8 Å². The van der Waals surface area contributed by atoms with Crippen molar-refractivity contribution in [3.8, 4) is 11.4 Å². The number of nitrogens with one attached hydrogen (secondary N) is 2. The molecule has 0 unspecified atom stereocenters. The maximum atomic E-state index is 14.0. The minimum absolute atomic E-state index is 0.0799. The predicted molar refractivity (Wildman–Crippen MR) is 170 cm³/mol. The maximum absolute atomic E-state index is 14.0. The van der Waals surface area contributed by atoms with Crippen molar-refractivity contribution in [3.63, 3.8) is 0 Å². The van der Waals surface area contributed by atoms with Crippen molar-refractivity contribution in [1.29, 1.82) is 0 Å². The first-order chi connectivity index (χ1) is 22.6. The van der Waals surface area contributed by atoms with E-state index in [2.05, 4.69) is 20.3 Å². The van der Waals surface area contributed by atoms with Gasteiger partial charge in [0.05, 0.1) is 0 Å². The molecule has 0 aliphatic carbocycles. The number of hydrogen-bond acceptors (Lipinski definition) is 7. The van der Waals surface area contributed by atoms with Crippen molar-refractivity contribution >= 4 is 28.8 Å². The number of carbonyl (C=O) groups is 2. The van der Waals surface area contributed by atoms with Gasteiger partial charge in [0.15, 0.2) is 17.3 Å². The lowest BCUT2D eigenvalue weighted by atomic mass is 10.1. The molecule has 0 saturated heterocycles. The van der Waals surface area contributed by atoms with Gasteiger partial charge in [-0.25, -0.2) is 23.5 Å². The van der Waals surface area contributed by atoms with E-state index in [1.54, 1.807) is 24.4 Å². The third-order valence-electron chi connectivity index (χ3n) is 7.41. The van der Waals surface area contributed by atoms with Gasteiger partial charge in [-0.15, -0.1) is 0 Å². The van der Waals surface area contributed by atoms with Crippen molar-refractivity contribution in [2.75, 3.05) is 18.0 Å². The highest BCUT2D eigenvalue weighted by molar-refractivity contribution is 6.05. The lowest BCUT2D eigenvalue weighted by Gasteiger charge is -2.22. The number of carbonyl (C=O) groups excluding carboxylic acids is 2. The van der Waals surface area contributed by atoms with E-state index in [1.165, 1.54) is 45.4 Å². The summed E-state index contributed by atoms with van der Waals surface area (Å²) in [4.78, 5) is 76.7. The molecule has 0 bridgehead atoms. The molecule has 244 valence electrons. The molecular formula is C32H32F2N8O5. The summed E-state index contributed by atoms with van der Waals surface area (Å²) in [5.41, 5.74) is -0.736. The van der Waals surface area contributed by atoms with E-state index in [0.717, 1.165) is 16.7 Å². The number of fused-ring (bicyclic) bond motifs is 1. The van der Waals surface area contributed by atoms with E-state index in [4.69, 9.17) is 0 Å². The van der Waals surface area contributed by atoms with Gasteiger partial charge in [0.2, 0.25) is 11.5 Å². The monoisotopic (exact) mass is 646 g/mol. The molecule has 4 heterocycles. The van der Waals surface area contributed by atoms with Gasteiger partial charge < -0.3 is 14.9 Å². The normalized spacial score (nSPS) is 11.1. The van der Waals surface area contributed by atoms with Crippen LogP contribution in [0, 0.1) is 11.6 Å². The quantitative estimate of drug-likeness (QED) is 0.211. The second-order valence-electron chi connectivity index (χ2n) is 10.7. The first kappa shape index (κ1) is 32.7. The highest BCUT2D eigenvalue weighted by Gasteiger charge is 2.22. The van der Waals surface area contributed by atoms with Crippen LogP contribution < -0.4 is 27.0 Å². The number of nitrogens with zero attached hydrogens (tertiary/aromatic N) is 6. The zero-order valence-corrected chi connectivity index (χ0v) is 25.7. The van der Waals surface area contributed by atoms with Crippen LogP contribution in [-0.4, -0.2) is 53.6 Å². The molecular weight excluding hydrogens is 614 g/mol. The fourth-order valence-electron chi connectivity index (χ4n) is 5.10. The first-order valence-electron chi connectivity index (χ1n) is 15.0. The van der Waals surface area contributed by atoms with Crippen LogP contribution in [-0.2, 0) is 24.4 Å². The Kier molecular flexibility index (Phi) is 9.83. The molecule has 13 nitrogen and oxygen atoms in total. The zero-order valence-electron chi connectivity index (χ0n) is 25.7. The van der Waals surface area contributed by atoms with Crippen LogP contribution in [0.15, 0.2) is 75.3 Å². The predicted octanol–water partition coefficient (Wildman–Crippen LogP) is 2.67. The smallest absolute Gasteiger partial charge is 0.332 e. The Morgan fingerprint density at radius 2 is 1.79 bits per heavy atom. The summed E-state index contributed by atoms with van der Waals surface area (Å²) >= 11 is 0. The number of imidazole rings is 1. The lowest BCUT2D eigenvalue weighted by molar-refractivity contribution is -0.118. The van der Waals surface area contributed by atoms with Gasteiger partial charge in [0.25, 0.3) is 11.5 Å². The Balaban J connectivity index is 1.48. The molecule has 4 aromatic heterocycles.